The first-order chi connectivity index (χ1) is 7.92. The first kappa shape index (κ1) is 13.6. The fourth-order valence-electron chi connectivity index (χ4n) is 1.29. The van der Waals surface area contributed by atoms with Crippen molar-refractivity contribution in [3.63, 3.8) is 0 Å². The van der Waals surface area contributed by atoms with E-state index in [-0.39, 0.29) is 6.61 Å². The summed E-state index contributed by atoms with van der Waals surface area (Å²) in [6.45, 7) is 5.96. The Morgan fingerprint density at radius 2 is 2.24 bits per heavy atom. The van der Waals surface area contributed by atoms with Gasteiger partial charge in [0.05, 0.1) is 18.8 Å². The van der Waals surface area contributed by atoms with Crippen LogP contribution in [0, 0.1) is 12.3 Å². The van der Waals surface area contributed by atoms with Crippen LogP contribution in [0.1, 0.15) is 25.1 Å². The fourth-order valence-corrected chi connectivity index (χ4v) is 1.29. The number of aromatic nitrogens is 1. The van der Waals surface area contributed by atoms with Gasteiger partial charge in [0, 0.05) is 5.69 Å². The lowest BCUT2D eigenvalue weighted by Crippen LogP contribution is -2.26. The van der Waals surface area contributed by atoms with E-state index in [1.165, 1.54) is 0 Å². The lowest BCUT2D eigenvalue weighted by molar-refractivity contribution is -0.0277. The average molecular weight is 237 g/mol. The normalized spacial score (nSPS) is 12.8. The van der Waals surface area contributed by atoms with Crippen molar-refractivity contribution in [1.29, 1.82) is 5.41 Å². The Morgan fingerprint density at radius 3 is 2.82 bits per heavy atom. The summed E-state index contributed by atoms with van der Waals surface area (Å²) >= 11 is 0. The van der Waals surface area contributed by atoms with E-state index < -0.39 is 5.60 Å². The molecule has 0 amide bonds. The lowest BCUT2D eigenvalue weighted by Gasteiger charge is -2.16. The van der Waals surface area contributed by atoms with Crippen LogP contribution in [-0.4, -0.2) is 28.6 Å². The first-order valence-corrected chi connectivity index (χ1v) is 5.44. The number of pyridine rings is 1. The second-order valence-corrected chi connectivity index (χ2v) is 4.58. The van der Waals surface area contributed by atoms with E-state index in [2.05, 4.69) is 9.98 Å². The molecule has 1 heterocycles. The standard InChI is InChI=1S/C12H19N3O2/c1-9-4-5-10(15-11(9)14-8-13)6-17-7-12(2,3)16/h4-5,8,16H,6-7H2,1-3H3,(H2,13,14,15). The number of hydrogen-bond acceptors (Lipinski definition) is 3. The van der Waals surface area contributed by atoms with Crippen molar-refractivity contribution < 1.29 is 9.84 Å². The summed E-state index contributed by atoms with van der Waals surface area (Å²) in [5, 5.41) is 16.4. The maximum Gasteiger partial charge on any atom is 0.134 e. The molecule has 0 aliphatic carbocycles. The molecule has 0 aromatic carbocycles. The van der Waals surface area contributed by atoms with E-state index in [1.54, 1.807) is 13.8 Å². The van der Waals surface area contributed by atoms with Crippen molar-refractivity contribution in [1.82, 2.24) is 4.98 Å². The van der Waals surface area contributed by atoms with Crippen molar-refractivity contribution >= 4 is 6.34 Å². The predicted octanol–water partition coefficient (Wildman–Crippen LogP) is 1.12. The van der Waals surface area contributed by atoms with Gasteiger partial charge in [0.15, 0.2) is 0 Å². The van der Waals surface area contributed by atoms with Gasteiger partial charge in [0.25, 0.3) is 0 Å². The molecule has 0 unspecified atom stereocenters. The molecule has 5 heteroatoms. The monoisotopic (exact) mass is 237 g/mol. The highest BCUT2D eigenvalue weighted by atomic mass is 16.5. The van der Waals surface area contributed by atoms with Crippen LogP contribution in [0.3, 0.4) is 0 Å². The third-order valence-electron chi connectivity index (χ3n) is 2.09. The van der Waals surface area contributed by atoms with Crippen molar-refractivity contribution in [2.75, 3.05) is 6.61 Å². The van der Waals surface area contributed by atoms with Crippen LogP contribution in [-0.2, 0) is 11.3 Å². The van der Waals surface area contributed by atoms with E-state index in [1.807, 2.05) is 19.1 Å². The van der Waals surface area contributed by atoms with Crippen molar-refractivity contribution in [2.24, 2.45) is 4.99 Å². The fraction of sp³-hybridized carbons (Fsp3) is 0.500. The minimum Gasteiger partial charge on any atom is -0.388 e. The average Bonchev–Trinajstić information content (AvgIpc) is 2.21. The van der Waals surface area contributed by atoms with Crippen LogP contribution >= 0.6 is 0 Å². The highest BCUT2D eigenvalue weighted by Gasteiger charge is 2.12. The summed E-state index contributed by atoms with van der Waals surface area (Å²) in [5.41, 5.74) is 1.66. The quantitative estimate of drug-likeness (QED) is 0.530. The zero-order chi connectivity index (χ0) is 12.9. The number of rotatable bonds is 5. The molecule has 0 fully saturated rings. The Balaban J connectivity index is 2.70. The largest absolute Gasteiger partial charge is 0.388 e. The van der Waals surface area contributed by atoms with E-state index in [4.69, 9.17) is 10.1 Å². The SMILES string of the molecule is Cc1ccc(COCC(C)(C)O)[nH]/c1=N\C=N. The number of aryl methyl sites for hydroxylation is 1. The molecule has 0 saturated heterocycles. The molecule has 1 rings (SSSR count). The summed E-state index contributed by atoms with van der Waals surface area (Å²) in [6.07, 6.45) is 1.00. The van der Waals surface area contributed by atoms with Crippen LogP contribution in [0.2, 0.25) is 0 Å². The van der Waals surface area contributed by atoms with Gasteiger partial charge < -0.3 is 14.8 Å². The van der Waals surface area contributed by atoms with Gasteiger partial charge in [0.1, 0.15) is 11.8 Å². The van der Waals surface area contributed by atoms with Gasteiger partial charge in [-0.25, -0.2) is 4.99 Å². The van der Waals surface area contributed by atoms with E-state index in [0.29, 0.717) is 12.1 Å². The summed E-state index contributed by atoms with van der Waals surface area (Å²) in [6, 6.07) is 3.82. The maximum atomic E-state index is 9.50. The summed E-state index contributed by atoms with van der Waals surface area (Å²) in [5.74, 6) is 0. The number of nitrogens with zero attached hydrogens (tertiary/aromatic N) is 1. The van der Waals surface area contributed by atoms with Crippen LogP contribution in [0.4, 0.5) is 0 Å². The van der Waals surface area contributed by atoms with E-state index in [0.717, 1.165) is 17.6 Å². The Hall–Kier alpha value is -1.46. The molecule has 0 radical (unpaired) electrons. The molecule has 0 atom stereocenters. The molecule has 5 nitrogen and oxygen atoms in total. The summed E-state index contributed by atoms with van der Waals surface area (Å²) in [7, 11) is 0. The topological polar surface area (TPSA) is 81.5 Å². The number of H-pyrrole nitrogens is 1. The molecule has 1 aromatic rings. The lowest BCUT2D eigenvalue weighted by atomic mass is 10.2. The van der Waals surface area contributed by atoms with Crippen LogP contribution < -0.4 is 5.49 Å². The molecule has 0 saturated carbocycles. The van der Waals surface area contributed by atoms with E-state index in [9.17, 15) is 5.11 Å². The Labute approximate surface area is 101 Å². The zero-order valence-corrected chi connectivity index (χ0v) is 10.4. The molecule has 0 bridgehead atoms. The van der Waals surface area contributed by atoms with Gasteiger partial charge in [-0.1, -0.05) is 6.07 Å². The summed E-state index contributed by atoms with van der Waals surface area (Å²) in [4.78, 5) is 6.98. The molecule has 0 aliphatic heterocycles. The Kier molecular flexibility index (Phi) is 4.60. The van der Waals surface area contributed by atoms with Crippen LogP contribution in [0.15, 0.2) is 17.1 Å². The molecule has 0 spiro atoms. The Bertz CT molecular complexity index is 444. The van der Waals surface area contributed by atoms with Gasteiger partial charge in [0.2, 0.25) is 0 Å². The second-order valence-electron chi connectivity index (χ2n) is 4.58. The van der Waals surface area contributed by atoms with Crippen molar-refractivity contribution in [2.45, 2.75) is 33.0 Å². The van der Waals surface area contributed by atoms with Gasteiger partial charge in [-0.05, 0) is 32.4 Å². The Morgan fingerprint density at radius 1 is 1.53 bits per heavy atom. The van der Waals surface area contributed by atoms with Gasteiger partial charge in [-0.15, -0.1) is 0 Å². The summed E-state index contributed by atoms with van der Waals surface area (Å²) < 4.78 is 5.38. The third-order valence-corrected chi connectivity index (χ3v) is 2.09. The minimum absolute atomic E-state index is 0.270. The highest BCUT2D eigenvalue weighted by Crippen LogP contribution is 2.03. The number of aromatic amines is 1. The number of nitrogens with one attached hydrogen (secondary N) is 2. The van der Waals surface area contributed by atoms with E-state index >= 15 is 0 Å². The highest BCUT2D eigenvalue weighted by molar-refractivity contribution is 5.50. The molecule has 0 aliphatic rings. The van der Waals surface area contributed by atoms with Crippen LogP contribution in [0.5, 0.6) is 0 Å². The van der Waals surface area contributed by atoms with Crippen molar-refractivity contribution in [3.8, 4) is 0 Å². The molecule has 94 valence electrons. The predicted molar refractivity (Wildman–Crippen MR) is 65.8 cm³/mol. The smallest absolute Gasteiger partial charge is 0.134 e. The van der Waals surface area contributed by atoms with Crippen LogP contribution in [0.25, 0.3) is 0 Å². The van der Waals surface area contributed by atoms with Crippen molar-refractivity contribution in [3.05, 3.63) is 28.9 Å². The van der Waals surface area contributed by atoms with Gasteiger partial charge in [-0.2, -0.15) is 0 Å². The number of aliphatic hydroxyl groups is 1. The third kappa shape index (κ3) is 4.93. The zero-order valence-electron chi connectivity index (χ0n) is 10.4. The molecule has 3 N–H and O–H groups in total. The second kappa shape index (κ2) is 5.75. The molecular formula is C12H19N3O2. The van der Waals surface area contributed by atoms with Gasteiger partial charge >= 0.3 is 0 Å². The molecular weight excluding hydrogens is 218 g/mol. The minimum atomic E-state index is -0.827. The first-order valence-electron chi connectivity index (χ1n) is 5.44. The molecule has 17 heavy (non-hydrogen) atoms. The number of ether oxygens (including phenoxy) is 1. The number of hydrogen-bond donors (Lipinski definition) is 3. The maximum absolute atomic E-state index is 9.50. The van der Waals surface area contributed by atoms with Gasteiger partial charge in [-0.3, -0.25) is 5.41 Å². The molecule has 1 aromatic heterocycles.